The first kappa shape index (κ1) is 28.7. The monoisotopic (exact) mass is 593 g/mol. The fourth-order valence-corrected chi connectivity index (χ4v) is 5.55. The number of imide groups is 1. The molecule has 2 aromatic carbocycles. The molecule has 0 bridgehead atoms. The predicted octanol–water partition coefficient (Wildman–Crippen LogP) is 4.65. The van der Waals surface area contributed by atoms with Crippen LogP contribution in [0.25, 0.3) is 0 Å². The summed E-state index contributed by atoms with van der Waals surface area (Å²) in [5.41, 5.74) is 1.83. The number of hydrogen-bond donors (Lipinski definition) is 1. The second kappa shape index (κ2) is 13.7. The zero-order valence-corrected chi connectivity index (χ0v) is 23.9. The van der Waals surface area contributed by atoms with Crippen molar-refractivity contribution in [3.63, 3.8) is 0 Å². The van der Waals surface area contributed by atoms with Crippen molar-refractivity contribution in [2.45, 2.75) is 58.0 Å². The lowest BCUT2D eigenvalue weighted by atomic mass is 9.85. The van der Waals surface area contributed by atoms with Crippen molar-refractivity contribution in [2.24, 2.45) is 11.8 Å². The van der Waals surface area contributed by atoms with Gasteiger partial charge in [0.1, 0.15) is 6.04 Å². The van der Waals surface area contributed by atoms with Crippen molar-refractivity contribution in [1.82, 2.24) is 15.1 Å². The molecule has 0 saturated carbocycles. The third kappa shape index (κ3) is 7.24. The normalized spacial score (nSPS) is 19.1. The van der Waals surface area contributed by atoms with Crippen LogP contribution in [-0.2, 0) is 32.1 Å². The van der Waals surface area contributed by atoms with E-state index in [1.807, 2.05) is 66.7 Å². The largest absolute Gasteiger partial charge is 0.354 e. The van der Waals surface area contributed by atoms with Crippen molar-refractivity contribution in [3.05, 3.63) is 82.3 Å². The van der Waals surface area contributed by atoms with Crippen LogP contribution in [0.3, 0.4) is 0 Å². The Morgan fingerprint density at radius 2 is 1.62 bits per heavy atom. The number of nitrogens with zero attached hydrogens (tertiary/aromatic N) is 2. The number of carbonyl (C=O) groups is 4. The van der Waals surface area contributed by atoms with Crippen LogP contribution in [0.5, 0.6) is 0 Å². The van der Waals surface area contributed by atoms with Crippen LogP contribution in [0, 0.1) is 11.8 Å². The molecule has 4 rings (SSSR count). The molecule has 0 unspecified atom stereocenters. The number of amides is 4. The number of fused-ring (bicyclic) bond motifs is 1. The van der Waals surface area contributed by atoms with E-state index in [9.17, 15) is 19.2 Å². The van der Waals surface area contributed by atoms with E-state index in [4.69, 9.17) is 0 Å². The van der Waals surface area contributed by atoms with Gasteiger partial charge in [0, 0.05) is 36.9 Å². The predicted molar refractivity (Wildman–Crippen MR) is 153 cm³/mol. The summed E-state index contributed by atoms with van der Waals surface area (Å²) in [6, 6.07) is 16.6. The van der Waals surface area contributed by atoms with E-state index in [1.54, 1.807) is 4.90 Å². The standard InChI is InChI=1S/C31H36BrN3O4/c1-2-3-18-33-29(37)27(20-22-9-5-4-6-10-22)35(21-23-13-15-24(32)16-14-23)28(36)17-19-34-30(38)25-11-7-8-12-26(25)31(34)39/h4-10,13-16,25-27H,2-3,11-12,17-21H2,1H3,(H,33,37)/t25-,26+,27-/m0/s1. The Morgan fingerprint density at radius 1 is 0.974 bits per heavy atom. The Bertz CT molecular complexity index is 1170. The lowest BCUT2D eigenvalue weighted by Gasteiger charge is -2.32. The fourth-order valence-electron chi connectivity index (χ4n) is 5.29. The molecule has 0 aromatic heterocycles. The molecule has 1 aliphatic heterocycles. The van der Waals surface area contributed by atoms with Crippen LogP contribution in [0.15, 0.2) is 71.2 Å². The number of nitrogens with one attached hydrogen (secondary N) is 1. The molecule has 1 heterocycles. The smallest absolute Gasteiger partial charge is 0.243 e. The summed E-state index contributed by atoms with van der Waals surface area (Å²) >= 11 is 3.45. The number of halogens is 1. The Morgan fingerprint density at radius 3 is 2.23 bits per heavy atom. The molecule has 3 atom stereocenters. The molecule has 1 fully saturated rings. The third-order valence-corrected chi connectivity index (χ3v) is 8.04. The molecule has 206 valence electrons. The maximum atomic E-state index is 13.8. The van der Waals surface area contributed by atoms with Crippen LogP contribution in [0.4, 0.5) is 0 Å². The zero-order valence-electron chi connectivity index (χ0n) is 22.4. The molecule has 4 amide bonds. The van der Waals surface area contributed by atoms with Crippen molar-refractivity contribution in [3.8, 4) is 0 Å². The summed E-state index contributed by atoms with van der Waals surface area (Å²) in [5, 5.41) is 3.01. The number of rotatable bonds is 12. The quantitative estimate of drug-likeness (QED) is 0.220. The van der Waals surface area contributed by atoms with Crippen molar-refractivity contribution < 1.29 is 19.2 Å². The molecule has 39 heavy (non-hydrogen) atoms. The molecule has 8 heteroatoms. The summed E-state index contributed by atoms with van der Waals surface area (Å²) in [7, 11) is 0. The lowest BCUT2D eigenvalue weighted by Crippen LogP contribution is -2.51. The Hall–Kier alpha value is -3.26. The molecule has 2 aromatic rings. The Kier molecular flexibility index (Phi) is 10.1. The summed E-state index contributed by atoms with van der Waals surface area (Å²) in [6.45, 7) is 2.86. The first-order chi connectivity index (χ1) is 18.9. The topological polar surface area (TPSA) is 86.8 Å². The minimum atomic E-state index is -0.739. The van der Waals surface area contributed by atoms with E-state index in [2.05, 4.69) is 28.2 Å². The zero-order chi connectivity index (χ0) is 27.8. The van der Waals surface area contributed by atoms with Crippen LogP contribution in [0.2, 0.25) is 0 Å². The molecule has 0 radical (unpaired) electrons. The first-order valence-corrected chi connectivity index (χ1v) is 14.5. The van der Waals surface area contributed by atoms with Gasteiger partial charge >= 0.3 is 0 Å². The first-order valence-electron chi connectivity index (χ1n) is 13.7. The molecule has 0 spiro atoms. The van der Waals surface area contributed by atoms with Crippen molar-refractivity contribution in [2.75, 3.05) is 13.1 Å². The van der Waals surface area contributed by atoms with E-state index >= 15 is 0 Å². The number of carbonyl (C=O) groups excluding carboxylic acids is 4. The average Bonchev–Trinajstić information content (AvgIpc) is 3.20. The van der Waals surface area contributed by atoms with Gasteiger partial charge in [-0.05, 0) is 42.5 Å². The highest BCUT2D eigenvalue weighted by Crippen LogP contribution is 2.35. The number of likely N-dealkylation sites (tertiary alicyclic amines) is 1. The summed E-state index contributed by atoms with van der Waals surface area (Å²) in [4.78, 5) is 56.1. The highest BCUT2D eigenvalue weighted by Gasteiger charge is 2.47. The molecule has 2 aliphatic rings. The summed E-state index contributed by atoms with van der Waals surface area (Å²) in [5.74, 6) is -1.51. The maximum absolute atomic E-state index is 13.8. The molecule has 7 nitrogen and oxygen atoms in total. The number of benzene rings is 2. The van der Waals surface area contributed by atoms with Crippen LogP contribution >= 0.6 is 15.9 Å². The van der Waals surface area contributed by atoms with Crippen LogP contribution in [0.1, 0.15) is 50.2 Å². The number of unbranched alkanes of at least 4 members (excludes halogenated alkanes) is 1. The van der Waals surface area contributed by atoms with Gasteiger partial charge < -0.3 is 10.2 Å². The van der Waals surface area contributed by atoms with Crippen molar-refractivity contribution >= 4 is 39.6 Å². The minimum absolute atomic E-state index is 0.0237. The van der Waals surface area contributed by atoms with E-state index in [1.165, 1.54) is 4.90 Å². The van der Waals surface area contributed by atoms with Gasteiger partial charge in [-0.3, -0.25) is 24.1 Å². The Balaban J connectivity index is 1.56. The van der Waals surface area contributed by atoms with E-state index in [-0.39, 0.29) is 55.0 Å². The molecule has 1 aliphatic carbocycles. The van der Waals surface area contributed by atoms with Gasteiger partial charge in [-0.1, -0.05) is 83.9 Å². The lowest BCUT2D eigenvalue weighted by molar-refractivity contribution is -0.144. The number of allylic oxidation sites excluding steroid dienone is 2. The third-order valence-electron chi connectivity index (χ3n) is 7.51. The average molecular weight is 595 g/mol. The van der Waals surface area contributed by atoms with Crippen molar-refractivity contribution in [1.29, 1.82) is 0 Å². The highest BCUT2D eigenvalue weighted by atomic mass is 79.9. The molecule has 1 N–H and O–H groups in total. The van der Waals surface area contributed by atoms with E-state index in [0.29, 0.717) is 25.8 Å². The maximum Gasteiger partial charge on any atom is 0.243 e. The number of hydrogen-bond acceptors (Lipinski definition) is 4. The van der Waals surface area contributed by atoms with Gasteiger partial charge in [0.15, 0.2) is 0 Å². The van der Waals surface area contributed by atoms with Gasteiger partial charge in [0.2, 0.25) is 23.6 Å². The second-order valence-corrected chi connectivity index (χ2v) is 11.1. The van der Waals surface area contributed by atoms with Gasteiger partial charge in [0.25, 0.3) is 0 Å². The summed E-state index contributed by atoms with van der Waals surface area (Å²) in [6.07, 6.45) is 7.14. The van der Waals surface area contributed by atoms with Crippen LogP contribution in [-0.4, -0.2) is 52.6 Å². The van der Waals surface area contributed by atoms with E-state index in [0.717, 1.165) is 28.4 Å². The SMILES string of the molecule is CCCCNC(=O)[C@H](Cc1ccccc1)N(Cc1ccc(Br)cc1)C(=O)CCN1C(=O)[C@H]2CC=CC[C@H]2C1=O. The van der Waals surface area contributed by atoms with Gasteiger partial charge in [-0.2, -0.15) is 0 Å². The minimum Gasteiger partial charge on any atom is -0.354 e. The Labute approximate surface area is 238 Å². The molecule has 1 saturated heterocycles. The van der Waals surface area contributed by atoms with E-state index < -0.39 is 6.04 Å². The van der Waals surface area contributed by atoms with Gasteiger partial charge in [0.05, 0.1) is 11.8 Å². The molecular formula is C31H36BrN3O4. The molecular weight excluding hydrogens is 558 g/mol. The van der Waals surface area contributed by atoms with Gasteiger partial charge in [-0.15, -0.1) is 0 Å². The van der Waals surface area contributed by atoms with Crippen LogP contribution < -0.4 is 5.32 Å². The highest BCUT2D eigenvalue weighted by molar-refractivity contribution is 9.10. The summed E-state index contributed by atoms with van der Waals surface area (Å²) < 4.78 is 0.921. The fraction of sp³-hybridized carbons (Fsp3) is 0.419. The van der Waals surface area contributed by atoms with Gasteiger partial charge in [-0.25, -0.2) is 0 Å². The second-order valence-electron chi connectivity index (χ2n) is 10.2.